The number of benzene rings is 2. The second kappa shape index (κ2) is 8.24. The summed E-state index contributed by atoms with van der Waals surface area (Å²) < 4.78 is 11.3. The molecule has 154 valence electrons. The maximum absolute atomic E-state index is 12.5. The van der Waals surface area contributed by atoms with E-state index in [4.69, 9.17) is 9.47 Å². The molecule has 1 fully saturated rings. The number of amides is 5. The molecule has 0 radical (unpaired) electrons. The predicted molar refractivity (Wildman–Crippen MR) is 103 cm³/mol. The van der Waals surface area contributed by atoms with E-state index in [1.807, 2.05) is 12.1 Å². The largest absolute Gasteiger partial charge is 0.486 e. The second-order valence-electron chi connectivity index (χ2n) is 6.85. The van der Waals surface area contributed by atoms with Gasteiger partial charge in [-0.2, -0.15) is 0 Å². The molecule has 2 heterocycles. The fourth-order valence-corrected chi connectivity index (χ4v) is 3.19. The number of nitrogens with one attached hydrogen (secondary N) is 1. The molecule has 1 N–H and O–H groups in total. The van der Waals surface area contributed by atoms with E-state index < -0.39 is 36.4 Å². The van der Waals surface area contributed by atoms with Crippen molar-refractivity contribution < 1.29 is 28.7 Å². The fraction of sp³-hybridized carbons (Fsp3) is 0.238. The predicted octanol–water partition coefficient (Wildman–Crippen LogP) is 0.934. The van der Waals surface area contributed by atoms with Crippen LogP contribution in [0.2, 0.25) is 0 Å². The van der Waals surface area contributed by atoms with Crippen LogP contribution < -0.4 is 14.8 Å². The second-order valence-corrected chi connectivity index (χ2v) is 6.85. The number of urea groups is 1. The van der Waals surface area contributed by atoms with Gasteiger partial charge in [-0.1, -0.05) is 42.5 Å². The summed E-state index contributed by atoms with van der Waals surface area (Å²) in [5, 5.41) is 2.61. The standard InChI is InChI=1S/C21H19N3O6/c25-18(22-10-15-13-29-16-8-4-5-9-17(16)30-15)12-24-20(27)19(26)23(21(24)28)11-14-6-2-1-3-7-14/h1-9,15H,10-13H2,(H,22,25)/t15-/m0/s1. The monoisotopic (exact) mass is 409 g/mol. The lowest BCUT2D eigenvalue weighted by Gasteiger charge is -2.26. The molecule has 1 saturated heterocycles. The summed E-state index contributed by atoms with van der Waals surface area (Å²) in [5.41, 5.74) is 0.702. The molecule has 0 aliphatic carbocycles. The third kappa shape index (κ3) is 3.95. The normalized spacial score (nSPS) is 18.0. The van der Waals surface area contributed by atoms with Gasteiger partial charge in [0.1, 0.15) is 19.3 Å². The maximum Gasteiger partial charge on any atom is 0.335 e. The molecule has 5 amide bonds. The third-order valence-corrected chi connectivity index (χ3v) is 4.71. The number of para-hydroxylation sites is 2. The summed E-state index contributed by atoms with van der Waals surface area (Å²) in [4.78, 5) is 50.6. The smallest absolute Gasteiger partial charge is 0.335 e. The van der Waals surface area contributed by atoms with Gasteiger partial charge in [0.25, 0.3) is 0 Å². The van der Waals surface area contributed by atoms with Gasteiger partial charge >= 0.3 is 17.8 Å². The van der Waals surface area contributed by atoms with Crippen molar-refractivity contribution in [3.05, 3.63) is 60.2 Å². The Morgan fingerprint density at radius 3 is 2.37 bits per heavy atom. The summed E-state index contributed by atoms with van der Waals surface area (Å²) in [6, 6.07) is 15.2. The number of hydrogen-bond donors (Lipinski definition) is 1. The van der Waals surface area contributed by atoms with E-state index in [9.17, 15) is 19.2 Å². The van der Waals surface area contributed by atoms with E-state index in [2.05, 4.69) is 5.32 Å². The van der Waals surface area contributed by atoms with E-state index >= 15 is 0 Å². The first-order valence-electron chi connectivity index (χ1n) is 9.39. The highest BCUT2D eigenvalue weighted by Crippen LogP contribution is 2.30. The minimum atomic E-state index is -1.02. The van der Waals surface area contributed by atoms with Crippen molar-refractivity contribution in [2.75, 3.05) is 19.7 Å². The van der Waals surface area contributed by atoms with Crippen molar-refractivity contribution in [3.63, 3.8) is 0 Å². The average molecular weight is 409 g/mol. The molecule has 0 spiro atoms. The molecule has 30 heavy (non-hydrogen) atoms. The Labute approximate surface area is 172 Å². The number of fused-ring (bicyclic) bond motifs is 1. The molecule has 2 aromatic rings. The number of nitrogens with zero attached hydrogens (tertiary/aromatic N) is 2. The molecule has 2 aliphatic rings. The van der Waals surface area contributed by atoms with Crippen molar-refractivity contribution in [3.8, 4) is 11.5 Å². The van der Waals surface area contributed by atoms with Crippen LogP contribution in [-0.4, -0.2) is 59.4 Å². The SMILES string of the molecule is O=C(CN1C(=O)C(=O)N(Cc2ccccc2)C1=O)NC[C@H]1COc2ccccc2O1. The highest BCUT2D eigenvalue weighted by Gasteiger charge is 2.45. The lowest BCUT2D eigenvalue weighted by molar-refractivity contribution is -0.144. The Morgan fingerprint density at radius 2 is 1.60 bits per heavy atom. The topological polar surface area (TPSA) is 105 Å². The first-order chi connectivity index (χ1) is 14.5. The summed E-state index contributed by atoms with van der Waals surface area (Å²) in [6.45, 7) is -0.193. The first-order valence-corrected chi connectivity index (χ1v) is 9.39. The zero-order chi connectivity index (χ0) is 21.1. The fourth-order valence-electron chi connectivity index (χ4n) is 3.19. The van der Waals surface area contributed by atoms with Crippen LogP contribution >= 0.6 is 0 Å². The van der Waals surface area contributed by atoms with Crippen LogP contribution in [-0.2, 0) is 20.9 Å². The van der Waals surface area contributed by atoms with Crippen LogP contribution in [0.25, 0.3) is 0 Å². The minimum absolute atomic E-state index is 0.0327. The Bertz CT molecular complexity index is 993. The van der Waals surface area contributed by atoms with Gasteiger partial charge in [-0.25, -0.2) is 9.69 Å². The molecular weight excluding hydrogens is 390 g/mol. The van der Waals surface area contributed by atoms with E-state index in [0.29, 0.717) is 22.0 Å². The summed E-state index contributed by atoms with van der Waals surface area (Å²) >= 11 is 0. The Balaban J connectivity index is 1.31. The summed E-state index contributed by atoms with van der Waals surface area (Å²) in [5.74, 6) is -1.33. The Kier molecular flexibility index (Phi) is 5.34. The van der Waals surface area contributed by atoms with Crippen LogP contribution in [0.1, 0.15) is 5.56 Å². The molecule has 9 heteroatoms. The Morgan fingerprint density at radius 1 is 0.933 bits per heavy atom. The number of imide groups is 2. The van der Waals surface area contributed by atoms with Crippen molar-refractivity contribution in [1.82, 2.24) is 15.1 Å². The molecular formula is C21H19N3O6. The van der Waals surface area contributed by atoms with Gasteiger partial charge in [-0.15, -0.1) is 0 Å². The molecule has 0 saturated carbocycles. The first kappa shape index (κ1) is 19.4. The molecule has 2 aliphatic heterocycles. The van der Waals surface area contributed by atoms with Gasteiger partial charge in [0.15, 0.2) is 11.5 Å². The summed E-state index contributed by atoms with van der Waals surface area (Å²) in [7, 11) is 0. The number of hydrogen-bond acceptors (Lipinski definition) is 6. The van der Waals surface area contributed by atoms with Crippen LogP contribution in [0.4, 0.5) is 4.79 Å². The molecule has 1 atom stereocenters. The van der Waals surface area contributed by atoms with E-state index in [-0.39, 0.29) is 19.7 Å². The third-order valence-electron chi connectivity index (χ3n) is 4.71. The number of ether oxygens (including phenoxy) is 2. The highest BCUT2D eigenvalue weighted by atomic mass is 16.6. The molecule has 0 bridgehead atoms. The van der Waals surface area contributed by atoms with E-state index in [1.165, 1.54) is 0 Å². The van der Waals surface area contributed by atoms with Crippen molar-refractivity contribution in [1.29, 1.82) is 0 Å². The van der Waals surface area contributed by atoms with E-state index in [0.717, 1.165) is 4.90 Å². The average Bonchev–Trinajstić information content (AvgIpc) is 2.96. The zero-order valence-corrected chi connectivity index (χ0v) is 15.9. The van der Waals surface area contributed by atoms with Gasteiger partial charge in [0, 0.05) is 0 Å². The number of rotatable bonds is 6. The number of carbonyl (C=O) groups is 4. The van der Waals surface area contributed by atoms with Gasteiger partial charge in [0.2, 0.25) is 5.91 Å². The van der Waals surface area contributed by atoms with Crippen molar-refractivity contribution in [2.45, 2.75) is 12.6 Å². The quantitative estimate of drug-likeness (QED) is 0.562. The number of carbonyl (C=O) groups excluding carboxylic acids is 4. The van der Waals surface area contributed by atoms with Gasteiger partial charge in [-0.05, 0) is 17.7 Å². The molecule has 4 rings (SSSR count). The van der Waals surface area contributed by atoms with Gasteiger partial charge in [0.05, 0.1) is 13.1 Å². The van der Waals surface area contributed by atoms with Crippen LogP contribution in [0.15, 0.2) is 54.6 Å². The van der Waals surface area contributed by atoms with Gasteiger partial charge in [-0.3, -0.25) is 19.3 Å². The van der Waals surface area contributed by atoms with Crippen molar-refractivity contribution in [2.24, 2.45) is 0 Å². The lowest BCUT2D eigenvalue weighted by atomic mass is 10.2. The van der Waals surface area contributed by atoms with Crippen molar-refractivity contribution >= 4 is 23.8 Å². The van der Waals surface area contributed by atoms with Gasteiger partial charge < -0.3 is 14.8 Å². The molecule has 2 aromatic carbocycles. The van der Waals surface area contributed by atoms with Crippen LogP contribution in [0.3, 0.4) is 0 Å². The zero-order valence-electron chi connectivity index (χ0n) is 15.9. The van der Waals surface area contributed by atoms with Crippen LogP contribution in [0, 0.1) is 0 Å². The molecule has 9 nitrogen and oxygen atoms in total. The molecule has 0 aromatic heterocycles. The summed E-state index contributed by atoms with van der Waals surface area (Å²) in [6.07, 6.45) is -0.412. The Hall–Kier alpha value is -3.88. The molecule has 0 unspecified atom stereocenters. The highest BCUT2D eigenvalue weighted by molar-refractivity contribution is 6.44. The maximum atomic E-state index is 12.5. The van der Waals surface area contributed by atoms with E-state index in [1.54, 1.807) is 42.5 Å². The lowest BCUT2D eigenvalue weighted by Crippen LogP contribution is -2.45. The minimum Gasteiger partial charge on any atom is -0.486 e. The van der Waals surface area contributed by atoms with Crippen LogP contribution in [0.5, 0.6) is 11.5 Å².